The van der Waals surface area contributed by atoms with E-state index in [1.54, 1.807) is 17.3 Å². The van der Waals surface area contributed by atoms with Crippen molar-refractivity contribution in [3.63, 3.8) is 0 Å². The largest absolute Gasteiger partial charge is 0.444 e. The standard InChI is InChI=1S/C41H40F3N5O3/c1-27-15-18-31(25-35(27)41(42,43)44)47-39(50)34-14-8-24-48(38-36-29(21-23-46-38)11-7-22-45-36)37(34)30-16-19-33(20-17-30)49(32-12-5-6-13-32)40(51)52-26-28-9-3-2-4-10-28/h2-4,7,9-11,15-23,25,32,34,37H,5-6,8,12-14,24,26H2,1H3,(H,47,50)/t34-,37-/m0/s1. The van der Waals surface area contributed by atoms with Crippen LogP contribution in [0.3, 0.4) is 0 Å². The van der Waals surface area contributed by atoms with Crippen LogP contribution in [0, 0.1) is 12.8 Å². The maximum absolute atomic E-state index is 14.1. The molecule has 1 aliphatic heterocycles. The van der Waals surface area contributed by atoms with Crippen LogP contribution in [0.4, 0.5) is 35.2 Å². The van der Waals surface area contributed by atoms with Crippen LogP contribution < -0.4 is 15.1 Å². The number of carbonyl (C=O) groups excluding carboxylic acids is 2. The fraction of sp³-hybridized carbons (Fsp3) is 0.317. The normalized spacial score (nSPS) is 18.0. The average molecular weight is 708 g/mol. The van der Waals surface area contributed by atoms with E-state index in [9.17, 15) is 22.8 Å². The van der Waals surface area contributed by atoms with Gasteiger partial charge >= 0.3 is 12.3 Å². The van der Waals surface area contributed by atoms with Crippen LogP contribution in [0.2, 0.25) is 0 Å². The number of rotatable bonds is 8. The van der Waals surface area contributed by atoms with Gasteiger partial charge in [0.25, 0.3) is 0 Å². The van der Waals surface area contributed by atoms with Crippen LogP contribution in [-0.2, 0) is 22.3 Å². The summed E-state index contributed by atoms with van der Waals surface area (Å²) in [6, 6.07) is 26.2. The van der Waals surface area contributed by atoms with Gasteiger partial charge in [-0.3, -0.25) is 14.7 Å². The van der Waals surface area contributed by atoms with Crippen molar-refractivity contribution in [3.05, 3.63) is 126 Å². The van der Waals surface area contributed by atoms with Crippen molar-refractivity contribution >= 4 is 40.1 Å². The topological polar surface area (TPSA) is 87.7 Å². The van der Waals surface area contributed by atoms with Gasteiger partial charge in [-0.25, -0.2) is 9.78 Å². The summed E-state index contributed by atoms with van der Waals surface area (Å²) in [5, 5.41) is 3.70. The van der Waals surface area contributed by atoms with Crippen molar-refractivity contribution in [2.24, 2.45) is 5.92 Å². The second-order valence-electron chi connectivity index (χ2n) is 13.6. The third-order valence-corrected chi connectivity index (χ3v) is 10.2. The fourth-order valence-corrected chi connectivity index (χ4v) is 7.61. The Morgan fingerprint density at radius 1 is 0.885 bits per heavy atom. The molecule has 1 saturated heterocycles. The van der Waals surface area contributed by atoms with Crippen LogP contribution in [0.1, 0.15) is 66.8 Å². The predicted octanol–water partition coefficient (Wildman–Crippen LogP) is 9.64. The number of hydrogen-bond donors (Lipinski definition) is 1. The van der Waals surface area contributed by atoms with Gasteiger partial charge < -0.3 is 15.0 Å². The number of ether oxygens (including phenoxy) is 1. The SMILES string of the molecule is Cc1ccc(NC(=O)[C@H]2CCCN(c3nccc4cccnc34)[C@H]2c2ccc(N(C(=O)OCc3ccccc3)C3CCCC3)cc2)cc1C(F)(F)F. The lowest BCUT2D eigenvalue weighted by Crippen LogP contribution is -2.44. The number of nitrogens with zero attached hydrogens (tertiary/aromatic N) is 4. The molecule has 3 heterocycles. The lowest BCUT2D eigenvalue weighted by Gasteiger charge is -2.42. The second kappa shape index (κ2) is 15.0. The number of benzene rings is 3. The Morgan fingerprint density at radius 3 is 2.40 bits per heavy atom. The van der Waals surface area contributed by atoms with Crippen molar-refractivity contribution in [2.75, 3.05) is 21.7 Å². The molecule has 0 unspecified atom stereocenters. The molecule has 2 aromatic heterocycles. The average Bonchev–Trinajstić information content (AvgIpc) is 3.69. The van der Waals surface area contributed by atoms with Gasteiger partial charge in [-0.2, -0.15) is 13.2 Å². The van der Waals surface area contributed by atoms with E-state index < -0.39 is 29.8 Å². The van der Waals surface area contributed by atoms with Crippen molar-refractivity contribution in [1.29, 1.82) is 0 Å². The summed E-state index contributed by atoms with van der Waals surface area (Å²) in [6.45, 7) is 2.14. The number of amides is 2. The highest BCUT2D eigenvalue weighted by Crippen LogP contribution is 2.42. The summed E-state index contributed by atoms with van der Waals surface area (Å²) >= 11 is 0. The lowest BCUT2D eigenvalue weighted by atomic mass is 9.83. The fourth-order valence-electron chi connectivity index (χ4n) is 7.61. The molecule has 2 atom stereocenters. The van der Waals surface area contributed by atoms with Crippen LogP contribution >= 0.6 is 0 Å². The molecule has 3 aromatic carbocycles. The maximum Gasteiger partial charge on any atom is 0.416 e. The number of pyridine rings is 2. The highest BCUT2D eigenvalue weighted by atomic mass is 19.4. The predicted molar refractivity (Wildman–Crippen MR) is 195 cm³/mol. The van der Waals surface area contributed by atoms with E-state index in [-0.39, 0.29) is 29.8 Å². The molecule has 7 rings (SSSR count). The summed E-state index contributed by atoms with van der Waals surface area (Å²) in [4.78, 5) is 41.0. The zero-order valence-corrected chi connectivity index (χ0v) is 28.9. The molecule has 8 nitrogen and oxygen atoms in total. The van der Waals surface area contributed by atoms with Crippen molar-refractivity contribution in [3.8, 4) is 0 Å². The van der Waals surface area contributed by atoms with E-state index in [1.807, 2.05) is 72.8 Å². The Labute approximate surface area is 300 Å². The number of halogens is 3. The lowest BCUT2D eigenvalue weighted by molar-refractivity contribution is -0.138. The zero-order chi connectivity index (χ0) is 36.2. The summed E-state index contributed by atoms with van der Waals surface area (Å²) in [6.07, 6.45) is 3.40. The highest BCUT2D eigenvalue weighted by molar-refractivity contribution is 5.95. The minimum atomic E-state index is -4.55. The van der Waals surface area contributed by atoms with Crippen LogP contribution in [0.15, 0.2) is 103 Å². The third-order valence-electron chi connectivity index (χ3n) is 10.2. The van der Waals surface area contributed by atoms with E-state index >= 15 is 0 Å². The molecule has 11 heteroatoms. The Hall–Kier alpha value is -5.45. The van der Waals surface area contributed by atoms with Gasteiger partial charge in [0, 0.05) is 41.7 Å². The van der Waals surface area contributed by atoms with Crippen molar-refractivity contribution in [1.82, 2.24) is 9.97 Å². The minimum Gasteiger partial charge on any atom is -0.444 e. The first-order chi connectivity index (χ1) is 25.2. The molecular formula is C41H40F3N5O3. The monoisotopic (exact) mass is 707 g/mol. The smallest absolute Gasteiger partial charge is 0.416 e. The quantitative estimate of drug-likeness (QED) is 0.173. The van der Waals surface area contributed by atoms with Crippen molar-refractivity contribution in [2.45, 2.75) is 70.3 Å². The molecule has 0 radical (unpaired) electrons. The first-order valence-corrected chi connectivity index (χ1v) is 17.7. The van der Waals surface area contributed by atoms with E-state index in [0.717, 1.165) is 48.3 Å². The number of piperidine rings is 1. The first-order valence-electron chi connectivity index (χ1n) is 17.7. The number of anilines is 3. The van der Waals surface area contributed by atoms with Gasteiger partial charge in [0.15, 0.2) is 5.82 Å². The van der Waals surface area contributed by atoms with Gasteiger partial charge in [0.1, 0.15) is 12.1 Å². The Balaban J connectivity index is 1.23. The van der Waals surface area contributed by atoms with Crippen LogP contribution in [0.25, 0.3) is 10.9 Å². The van der Waals surface area contributed by atoms with Crippen molar-refractivity contribution < 1.29 is 27.5 Å². The summed E-state index contributed by atoms with van der Waals surface area (Å²) in [7, 11) is 0. The number of nitrogens with one attached hydrogen (secondary N) is 1. The first kappa shape index (κ1) is 35.0. The van der Waals surface area contributed by atoms with Crippen LogP contribution in [0.5, 0.6) is 0 Å². The number of carbonyl (C=O) groups is 2. The summed E-state index contributed by atoms with van der Waals surface area (Å²) < 4.78 is 47.1. The molecule has 0 bridgehead atoms. The zero-order valence-electron chi connectivity index (χ0n) is 28.9. The Morgan fingerprint density at radius 2 is 1.65 bits per heavy atom. The molecule has 2 aliphatic rings. The minimum absolute atomic E-state index is 0.000819. The highest BCUT2D eigenvalue weighted by Gasteiger charge is 2.40. The van der Waals surface area contributed by atoms with E-state index in [1.165, 1.54) is 19.1 Å². The molecule has 268 valence electrons. The van der Waals surface area contributed by atoms with Gasteiger partial charge in [-0.05, 0) is 85.7 Å². The molecule has 0 spiro atoms. The number of alkyl halides is 3. The summed E-state index contributed by atoms with van der Waals surface area (Å²) in [5.74, 6) is -0.407. The Kier molecular flexibility index (Phi) is 10.1. The van der Waals surface area contributed by atoms with Crippen LogP contribution in [-0.4, -0.2) is 34.6 Å². The summed E-state index contributed by atoms with van der Waals surface area (Å²) in [5.41, 5.74) is 2.47. The van der Waals surface area contributed by atoms with E-state index in [2.05, 4.69) is 15.2 Å². The van der Waals surface area contributed by atoms with E-state index in [4.69, 9.17) is 9.72 Å². The molecule has 1 N–H and O–H groups in total. The number of fused-ring (bicyclic) bond motifs is 1. The molecule has 2 fully saturated rings. The second-order valence-corrected chi connectivity index (χ2v) is 13.6. The molecule has 52 heavy (non-hydrogen) atoms. The van der Waals surface area contributed by atoms with Gasteiger partial charge in [0.2, 0.25) is 5.91 Å². The molecule has 2 amide bonds. The molecular weight excluding hydrogens is 667 g/mol. The van der Waals surface area contributed by atoms with Gasteiger partial charge in [-0.1, -0.05) is 67.4 Å². The third kappa shape index (κ3) is 7.44. The maximum atomic E-state index is 14.1. The number of hydrogen-bond acceptors (Lipinski definition) is 6. The van der Waals surface area contributed by atoms with Gasteiger partial charge in [0.05, 0.1) is 17.5 Å². The number of aromatic nitrogens is 2. The molecule has 1 aliphatic carbocycles. The molecule has 5 aromatic rings. The number of aryl methyl sites for hydroxylation is 1. The van der Waals surface area contributed by atoms with Gasteiger partial charge in [-0.15, -0.1) is 0 Å². The molecule has 1 saturated carbocycles. The Bertz CT molecular complexity index is 2030. The van der Waals surface area contributed by atoms with E-state index in [0.29, 0.717) is 36.4 Å².